The minimum atomic E-state index is 0.0479. The maximum atomic E-state index is 5.93. The predicted molar refractivity (Wildman–Crippen MR) is 160 cm³/mol. The monoisotopic (exact) mass is 533 g/mol. The van der Waals surface area contributed by atoms with Crippen molar-refractivity contribution in [3.63, 3.8) is 0 Å². The van der Waals surface area contributed by atoms with E-state index >= 15 is 0 Å². The fraction of sp³-hybridized carbons (Fsp3) is 0.242. The Labute approximate surface area is 234 Å². The van der Waals surface area contributed by atoms with Crippen molar-refractivity contribution in [1.29, 1.82) is 0 Å². The van der Waals surface area contributed by atoms with Crippen LogP contribution in [0.2, 0.25) is 0 Å². The molecular weight excluding hydrogens is 502 g/mol. The molecule has 0 aromatic heterocycles. The van der Waals surface area contributed by atoms with E-state index in [9.17, 15) is 0 Å². The van der Waals surface area contributed by atoms with Crippen LogP contribution in [0.4, 0.5) is 0 Å². The fourth-order valence-corrected chi connectivity index (χ4v) is 6.67. The first kappa shape index (κ1) is 24.3. The number of aliphatic imine (C=N–C) groups is 1. The molecule has 0 spiro atoms. The average molecular weight is 534 g/mol. The molecule has 4 heterocycles. The number of amidine groups is 1. The third-order valence-electron chi connectivity index (χ3n) is 7.68. The first-order valence-corrected chi connectivity index (χ1v) is 14.3. The Bertz CT molecular complexity index is 1570. The summed E-state index contributed by atoms with van der Waals surface area (Å²) < 4.78 is 11.7. The van der Waals surface area contributed by atoms with E-state index in [1.165, 1.54) is 33.4 Å². The molecule has 3 aromatic carbocycles. The maximum absolute atomic E-state index is 5.93. The van der Waals surface area contributed by atoms with Crippen LogP contribution < -0.4 is 9.47 Å². The molecular formula is C33H31N3O2S. The number of ether oxygens (including phenoxy) is 2. The standard InChI is InChI=1S/C33H31N3O2S/c1-21-4-8-23(9-5-21)16-26-18-35(3)19-27-31(26)34-33-36(32(27)24-10-6-22(2)7-11-24)28(20-39-33)25-12-13-29-30(17-25)38-15-14-37-29/h4-13,16-17,20,32H,14-15,18-19H2,1-3H3/b26-16+/t32-/m1/s1. The minimum Gasteiger partial charge on any atom is -0.486 e. The summed E-state index contributed by atoms with van der Waals surface area (Å²) in [6.07, 6.45) is 2.31. The second-order valence-electron chi connectivity index (χ2n) is 10.7. The smallest absolute Gasteiger partial charge is 0.174 e. The van der Waals surface area contributed by atoms with Gasteiger partial charge in [-0.15, -0.1) is 0 Å². The van der Waals surface area contributed by atoms with E-state index < -0.39 is 0 Å². The number of nitrogens with zero attached hydrogens (tertiary/aromatic N) is 3. The highest BCUT2D eigenvalue weighted by atomic mass is 32.2. The first-order valence-electron chi connectivity index (χ1n) is 13.4. The number of hydrogen-bond donors (Lipinski definition) is 0. The van der Waals surface area contributed by atoms with Crippen molar-refractivity contribution in [1.82, 2.24) is 9.80 Å². The van der Waals surface area contributed by atoms with Crippen LogP contribution in [0.1, 0.15) is 33.9 Å². The Balaban J connectivity index is 1.36. The number of rotatable bonds is 3. The molecule has 4 aliphatic heterocycles. The van der Waals surface area contributed by atoms with Crippen LogP contribution in [-0.2, 0) is 0 Å². The third kappa shape index (κ3) is 4.48. The summed E-state index contributed by atoms with van der Waals surface area (Å²) in [5.74, 6) is 1.61. The topological polar surface area (TPSA) is 37.3 Å². The van der Waals surface area contributed by atoms with Gasteiger partial charge in [-0.25, -0.2) is 4.99 Å². The van der Waals surface area contributed by atoms with Crippen LogP contribution >= 0.6 is 11.8 Å². The number of hydrogen-bond acceptors (Lipinski definition) is 6. The molecule has 0 unspecified atom stereocenters. The molecule has 0 saturated carbocycles. The van der Waals surface area contributed by atoms with Gasteiger partial charge in [0.05, 0.1) is 17.4 Å². The minimum absolute atomic E-state index is 0.0479. The second-order valence-corrected chi connectivity index (χ2v) is 11.5. The normalized spacial score (nSPS) is 21.5. The molecule has 0 radical (unpaired) electrons. The van der Waals surface area contributed by atoms with Crippen LogP contribution in [-0.4, -0.2) is 48.3 Å². The van der Waals surface area contributed by atoms with Gasteiger partial charge in [-0.05, 0) is 67.4 Å². The third-order valence-corrected chi connectivity index (χ3v) is 8.52. The highest BCUT2D eigenvalue weighted by Crippen LogP contribution is 2.49. The van der Waals surface area contributed by atoms with Gasteiger partial charge in [0.2, 0.25) is 0 Å². The van der Waals surface area contributed by atoms with Gasteiger partial charge in [-0.3, -0.25) is 4.90 Å². The maximum Gasteiger partial charge on any atom is 0.174 e. The molecule has 0 N–H and O–H groups in total. The summed E-state index contributed by atoms with van der Waals surface area (Å²) in [7, 11) is 2.20. The van der Waals surface area contributed by atoms with E-state index in [1.54, 1.807) is 11.8 Å². The summed E-state index contributed by atoms with van der Waals surface area (Å²) in [4.78, 5) is 10.2. The van der Waals surface area contributed by atoms with Gasteiger partial charge in [-0.1, -0.05) is 71.4 Å². The van der Waals surface area contributed by atoms with Crippen molar-refractivity contribution in [3.05, 3.63) is 117 Å². The molecule has 0 fully saturated rings. The molecule has 0 aliphatic carbocycles. The van der Waals surface area contributed by atoms with Crippen molar-refractivity contribution < 1.29 is 9.47 Å². The Morgan fingerprint density at radius 3 is 2.36 bits per heavy atom. The van der Waals surface area contributed by atoms with Crippen molar-refractivity contribution in [2.75, 3.05) is 33.4 Å². The van der Waals surface area contributed by atoms with Crippen molar-refractivity contribution in [2.45, 2.75) is 19.9 Å². The first-order chi connectivity index (χ1) is 19.0. The van der Waals surface area contributed by atoms with Gasteiger partial charge in [0.25, 0.3) is 0 Å². The van der Waals surface area contributed by atoms with Crippen LogP contribution in [0.25, 0.3) is 11.8 Å². The van der Waals surface area contributed by atoms with Crippen molar-refractivity contribution in [2.24, 2.45) is 4.99 Å². The Hall–Kier alpha value is -3.74. The van der Waals surface area contributed by atoms with Gasteiger partial charge in [0, 0.05) is 24.1 Å². The quantitative estimate of drug-likeness (QED) is 0.370. The van der Waals surface area contributed by atoms with E-state index in [1.807, 2.05) is 6.07 Å². The van der Waals surface area contributed by atoms with Crippen molar-refractivity contribution >= 4 is 28.7 Å². The Morgan fingerprint density at radius 1 is 0.872 bits per heavy atom. The molecule has 1 atom stereocenters. The number of likely N-dealkylation sites (N-methyl/N-ethyl adjacent to an activating group) is 1. The summed E-state index contributed by atoms with van der Waals surface area (Å²) in [5.41, 5.74) is 11.0. The van der Waals surface area contributed by atoms with E-state index in [4.69, 9.17) is 14.5 Å². The van der Waals surface area contributed by atoms with Crippen LogP contribution in [0.3, 0.4) is 0 Å². The molecule has 196 valence electrons. The summed E-state index contributed by atoms with van der Waals surface area (Å²) in [6.45, 7) is 7.18. The largest absolute Gasteiger partial charge is 0.486 e. The molecule has 7 rings (SSSR count). The summed E-state index contributed by atoms with van der Waals surface area (Å²) in [6, 6.07) is 24.0. The van der Waals surface area contributed by atoms with Gasteiger partial charge in [0.1, 0.15) is 13.2 Å². The predicted octanol–water partition coefficient (Wildman–Crippen LogP) is 6.82. The number of benzene rings is 3. The highest BCUT2D eigenvalue weighted by Gasteiger charge is 2.41. The van der Waals surface area contributed by atoms with E-state index in [0.29, 0.717) is 13.2 Å². The van der Waals surface area contributed by atoms with Gasteiger partial charge >= 0.3 is 0 Å². The van der Waals surface area contributed by atoms with Crippen LogP contribution in [0, 0.1) is 13.8 Å². The zero-order valence-electron chi connectivity index (χ0n) is 22.5. The second kappa shape index (κ2) is 9.78. The lowest BCUT2D eigenvalue weighted by molar-refractivity contribution is 0.171. The molecule has 3 aromatic rings. The highest BCUT2D eigenvalue weighted by molar-refractivity contribution is 8.16. The van der Waals surface area contributed by atoms with Gasteiger partial charge < -0.3 is 14.4 Å². The Kier molecular flexibility index (Phi) is 6.09. The fourth-order valence-electron chi connectivity index (χ4n) is 5.75. The zero-order valence-corrected chi connectivity index (χ0v) is 23.3. The van der Waals surface area contributed by atoms with Gasteiger partial charge in [0.15, 0.2) is 16.7 Å². The molecule has 39 heavy (non-hydrogen) atoms. The lowest BCUT2D eigenvalue weighted by Crippen LogP contribution is -2.40. The zero-order chi connectivity index (χ0) is 26.5. The molecule has 4 aliphatic rings. The number of thioether (sulfide) groups is 1. The summed E-state index contributed by atoms with van der Waals surface area (Å²) >= 11 is 1.70. The Morgan fingerprint density at radius 2 is 1.59 bits per heavy atom. The van der Waals surface area contributed by atoms with Gasteiger partial charge in [-0.2, -0.15) is 0 Å². The number of fused-ring (bicyclic) bond motifs is 2. The molecule has 0 amide bonds. The van der Waals surface area contributed by atoms with Crippen LogP contribution in [0.5, 0.6) is 11.5 Å². The molecule has 0 saturated heterocycles. The molecule has 6 heteroatoms. The molecule has 5 nitrogen and oxygen atoms in total. The lowest BCUT2D eigenvalue weighted by atomic mass is 9.87. The van der Waals surface area contributed by atoms with E-state index in [2.05, 4.69) is 103 Å². The summed E-state index contributed by atoms with van der Waals surface area (Å²) in [5, 5.41) is 3.25. The lowest BCUT2D eigenvalue weighted by Gasteiger charge is -2.42. The number of aryl methyl sites for hydroxylation is 2. The van der Waals surface area contributed by atoms with E-state index in [-0.39, 0.29) is 6.04 Å². The van der Waals surface area contributed by atoms with Crippen LogP contribution in [0.15, 0.2) is 94.0 Å². The van der Waals surface area contributed by atoms with Crippen molar-refractivity contribution in [3.8, 4) is 11.5 Å². The average Bonchev–Trinajstić information content (AvgIpc) is 3.37. The SMILES string of the molecule is Cc1ccc(/C=C2\CN(C)CC3=C2N=C2SC=C(c4ccc5c(c4)OCCO5)N2[C@@H]3c2ccc(C)cc2)cc1. The van der Waals surface area contributed by atoms with E-state index in [0.717, 1.165) is 46.7 Å². The molecule has 0 bridgehead atoms.